The minimum atomic E-state index is -1.28. The Hall–Kier alpha value is -1.10. The fourth-order valence-corrected chi connectivity index (χ4v) is 2.59. The Morgan fingerprint density at radius 1 is 1.38 bits per heavy atom. The standard InChI is InChI=1S/C8H11NO4/c9-8(7(12)13)2-1-3-4(5(3)8)6(10)11/h3-5H,1-2,9H2,(H,10,11)(H,12,13)/t3-,4+,5+,8+/m0/s1. The van der Waals surface area contributed by atoms with Crippen molar-refractivity contribution >= 4 is 11.9 Å². The van der Waals surface area contributed by atoms with Crippen molar-refractivity contribution in [2.45, 2.75) is 18.4 Å². The van der Waals surface area contributed by atoms with Gasteiger partial charge in [-0.25, -0.2) is 0 Å². The average molecular weight is 185 g/mol. The maximum absolute atomic E-state index is 10.8. The zero-order valence-corrected chi connectivity index (χ0v) is 6.93. The summed E-state index contributed by atoms with van der Waals surface area (Å²) in [5.41, 5.74) is 4.37. The summed E-state index contributed by atoms with van der Waals surface area (Å²) in [5, 5.41) is 17.6. The number of fused-ring (bicyclic) bond motifs is 1. The molecule has 0 aromatic carbocycles. The van der Waals surface area contributed by atoms with Crippen molar-refractivity contribution in [3.63, 3.8) is 0 Å². The van der Waals surface area contributed by atoms with Crippen molar-refractivity contribution in [1.29, 1.82) is 0 Å². The molecule has 0 unspecified atom stereocenters. The summed E-state index contributed by atoms with van der Waals surface area (Å²) in [4.78, 5) is 21.4. The summed E-state index contributed by atoms with van der Waals surface area (Å²) in [6.45, 7) is 0. The first-order valence-corrected chi connectivity index (χ1v) is 4.23. The van der Waals surface area contributed by atoms with Gasteiger partial charge in [0, 0.05) is 5.92 Å². The number of hydrogen-bond donors (Lipinski definition) is 3. The Kier molecular flexibility index (Phi) is 1.46. The summed E-state index contributed by atoms with van der Waals surface area (Å²) in [7, 11) is 0. The van der Waals surface area contributed by atoms with Crippen LogP contribution in [0.3, 0.4) is 0 Å². The van der Waals surface area contributed by atoms with Gasteiger partial charge in [0.25, 0.3) is 0 Å². The zero-order valence-electron chi connectivity index (χ0n) is 6.93. The summed E-state index contributed by atoms with van der Waals surface area (Å²) in [6.07, 6.45) is 1.03. The Morgan fingerprint density at radius 3 is 2.38 bits per heavy atom. The van der Waals surface area contributed by atoms with Crippen LogP contribution in [0.15, 0.2) is 0 Å². The second-order valence-corrected chi connectivity index (χ2v) is 3.94. The molecular weight excluding hydrogens is 174 g/mol. The summed E-state index contributed by atoms with van der Waals surface area (Å²) in [5.74, 6) is -2.84. The van der Waals surface area contributed by atoms with Crippen LogP contribution in [-0.2, 0) is 9.59 Å². The van der Waals surface area contributed by atoms with E-state index in [1.807, 2.05) is 0 Å². The van der Waals surface area contributed by atoms with Crippen LogP contribution in [0.2, 0.25) is 0 Å². The van der Waals surface area contributed by atoms with Crippen LogP contribution >= 0.6 is 0 Å². The van der Waals surface area contributed by atoms with E-state index in [1.165, 1.54) is 0 Å². The molecule has 0 aromatic heterocycles. The highest BCUT2D eigenvalue weighted by atomic mass is 16.4. The molecule has 2 rings (SSSR count). The number of nitrogens with two attached hydrogens (primary N) is 1. The van der Waals surface area contributed by atoms with Gasteiger partial charge >= 0.3 is 11.9 Å². The lowest BCUT2D eigenvalue weighted by Crippen LogP contribution is -2.49. The van der Waals surface area contributed by atoms with E-state index in [2.05, 4.69) is 0 Å². The van der Waals surface area contributed by atoms with Crippen molar-refractivity contribution in [2.24, 2.45) is 23.5 Å². The predicted molar refractivity (Wildman–Crippen MR) is 41.9 cm³/mol. The molecule has 0 heterocycles. The summed E-state index contributed by atoms with van der Waals surface area (Å²) < 4.78 is 0. The van der Waals surface area contributed by atoms with E-state index in [-0.39, 0.29) is 11.8 Å². The molecule has 0 aliphatic heterocycles. The molecule has 0 aromatic rings. The number of carbonyl (C=O) groups is 2. The van der Waals surface area contributed by atoms with E-state index in [4.69, 9.17) is 15.9 Å². The molecule has 0 radical (unpaired) electrons. The largest absolute Gasteiger partial charge is 0.481 e. The van der Waals surface area contributed by atoms with Crippen LogP contribution in [-0.4, -0.2) is 27.7 Å². The topological polar surface area (TPSA) is 101 Å². The Morgan fingerprint density at radius 2 is 2.00 bits per heavy atom. The average Bonchev–Trinajstić information content (AvgIpc) is 2.66. The number of carboxylic acids is 2. The Bertz CT molecular complexity index is 290. The lowest BCUT2D eigenvalue weighted by Gasteiger charge is -2.20. The summed E-state index contributed by atoms with van der Waals surface area (Å²) in [6, 6.07) is 0. The van der Waals surface area contributed by atoms with Crippen molar-refractivity contribution < 1.29 is 19.8 Å². The lowest BCUT2D eigenvalue weighted by atomic mass is 9.92. The van der Waals surface area contributed by atoms with Crippen molar-refractivity contribution in [3.8, 4) is 0 Å². The zero-order chi connectivity index (χ0) is 9.80. The molecule has 5 heteroatoms. The molecule has 13 heavy (non-hydrogen) atoms. The normalized spacial score (nSPS) is 47.0. The van der Waals surface area contributed by atoms with Crippen LogP contribution in [0.1, 0.15) is 12.8 Å². The van der Waals surface area contributed by atoms with Gasteiger partial charge in [-0.3, -0.25) is 9.59 Å². The van der Waals surface area contributed by atoms with E-state index >= 15 is 0 Å². The third-order valence-corrected chi connectivity index (χ3v) is 3.34. The van der Waals surface area contributed by atoms with Crippen LogP contribution < -0.4 is 5.73 Å². The summed E-state index contributed by atoms with van der Waals surface area (Å²) >= 11 is 0. The Labute approximate surface area is 74.5 Å². The van der Waals surface area contributed by atoms with E-state index in [0.29, 0.717) is 12.8 Å². The van der Waals surface area contributed by atoms with Crippen LogP contribution in [0, 0.1) is 17.8 Å². The van der Waals surface area contributed by atoms with Crippen LogP contribution in [0.25, 0.3) is 0 Å². The van der Waals surface area contributed by atoms with Gasteiger partial charge in [-0.1, -0.05) is 0 Å². The Balaban J connectivity index is 2.20. The third-order valence-electron chi connectivity index (χ3n) is 3.34. The monoisotopic (exact) mass is 185 g/mol. The maximum Gasteiger partial charge on any atom is 0.324 e. The fourth-order valence-electron chi connectivity index (χ4n) is 2.59. The van der Waals surface area contributed by atoms with Gasteiger partial charge in [0.1, 0.15) is 5.54 Å². The van der Waals surface area contributed by atoms with E-state index in [0.717, 1.165) is 0 Å². The van der Waals surface area contributed by atoms with Crippen molar-refractivity contribution in [1.82, 2.24) is 0 Å². The van der Waals surface area contributed by atoms with Gasteiger partial charge < -0.3 is 15.9 Å². The highest BCUT2D eigenvalue weighted by Gasteiger charge is 2.69. The second-order valence-electron chi connectivity index (χ2n) is 3.94. The number of hydrogen-bond acceptors (Lipinski definition) is 3. The molecule has 4 N–H and O–H groups in total. The van der Waals surface area contributed by atoms with E-state index in [1.54, 1.807) is 0 Å². The van der Waals surface area contributed by atoms with Gasteiger partial charge in [0.15, 0.2) is 0 Å². The maximum atomic E-state index is 10.8. The third kappa shape index (κ3) is 0.904. The van der Waals surface area contributed by atoms with Crippen LogP contribution in [0.4, 0.5) is 0 Å². The molecular formula is C8H11NO4. The van der Waals surface area contributed by atoms with E-state index < -0.39 is 23.4 Å². The highest BCUT2D eigenvalue weighted by molar-refractivity contribution is 5.85. The number of rotatable bonds is 2. The van der Waals surface area contributed by atoms with Gasteiger partial charge in [0.2, 0.25) is 0 Å². The minimum absolute atomic E-state index is 0.00130. The quantitative estimate of drug-likeness (QED) is 0.539. The lowest BCUT2D eigenvalue weighted by molar-refractivity contribution is -0.145. The molecule has 2 saturated carbocycles. The first-order chi connectivity index (χ1) is 5.98. The van der Waals surface area contributed by atoms with Crippen molar-refractivity contribution in [3.05, 3.63) is 0 Å². The molecule has 4 atom stereocenters. The van der Waals surface area contributed by atoms with E-state index in [9.17, 15) is 9.59 Å². The fraction of sp³-hybridized carbons (Fsp3) is 0.750. The van der Waals surface area contributed by atoms with Crippen molar-refractivity contribution in [2.75, 3.05) is 0 Å². The molecule has 0 spiro atoms. The van der Waals surface area contributed by atoms with Gasteiger partial charge in [-0.05, 0) is 18.8 Å². The first-order valence-electron chi connectivity index (χ1n) is 4.23. The SMILES string of the molecule is N[C@]1(C(=O)O)CC[C@H]2[C@@H](C(=O)O)[C@@H]21. The molecule has 5 nitrogen and oxygen atoms in total. The number of aliphatic carboxylic acids is 2. The van der Waals surface area contributed by atoms with Gasteiger partial charge in [-0.2, -0.15) is 0 Å². The second kappa shape index (κ2) is 2.23. The molecule has 2 fully saturated rings. The smallest absolute Gasteiger partial charge is 0.324 e. The minimum Gasteiger partial charge on any atom is -0.481 e. The van der Waals surface area contributed by atoms with Crippen LogP contribution in [0.5, 0.6) is 0 Å². The van der Waals surface area contributed by atoms with Gasteiger partial charge in [0.05, 0.1) is 5.92 Å². The first kappa shape index (κ1) is 8.50. The molecule has 2 aliphatic rings. The predicted octanol–water partition coefficient (Wildman–Crippen LogP) is -0.491. The number of carboxylic acid groups (broad SMARTS) is 2. The molecule has 0 amide bonds. The molecule has 0 saturated heterocycles. The molecule has 72 valence electrons. The molecule has 2 aliphatic carbocycles. The highest BCUT2D eigenvalue weighted by Crippen LogP contribution is 2.61. The molecule has 0 bridgehead atoms. The van der Waals surface area contributed by atoms with Gasteiger partial charge in [-0.15, -0.1) is 0 Å².